The van der Waals surface area contributed by atoms with Gasteiger partial charge in [-0.05, 0) is 20.8 Å². The van der Waals surface area contributed by atoms with Crippen LogP contribution >= 0.6 is 11.3 Å². The highest BCUT2D eigenvalue weighted by Gasteiger charge is 2.44. The van der Waals surface area contributed by atoms with Gasteiger partial charge >= 0.3 is 0 Å². The molecule has 3 atom stereocenters. The highest BCUT2D eigenvalue weighted by molar-refractivity contribution is 7.11. The van der Waals surface area contributed by atoms with Gasteiger partial charge in [-0.3, -0.25) is 4.79 Å². The van der Waals surface area contributed by atoms with Crippen molar-refractivity contribution in [3.05, 3.63) is 16.1 Å². The average molecular weight is 269 g/mol. The number of nitrogens with zero attached hydrogens (tertiary/aromatic N) is 1. The SMILES string of the molecule is Cc1cnc(C(C)NC(=O)C2(C)COCC2N)s1. The van der Waals surface area contributed by atoms with E-state index in [1.165, 1.54) is 0 Å². The Hall–Kier alpha value is -0.980. The fourth-order valence-electron chi connectivity index (χ4n) is 1.92. The largest absolute Gasteiger partial charge is 0.379 e. The Morgan fingerprint density at radius 3 is 3.00 bits per heavy atom. The summed E-state index contributed by atoms with van der Waals surface area (Å²) >= 11 is 1.59. The zero-order chi connectivity index (χ0) is 13.3. The highest BCUT2D eigenvalue weighted by Crippen LogP contribution is 2.28. The number of amides is 1. The Morgan fingerprint density at radius 1 is 1.78 bits per heavy atom. The molecule has 1 fully saturated rings. The molecule has 1 aromatic heterocycles. The van der Waals surface area contributed by atoms with Gasteiger partial charge in [-0.15, -0.1) is 11.3 Å². The van der Waals surface area contributed by atoms with Crippen molar-refractivity contribution in [2.75, 3.05) is 13.2 Å². The van der Waals surface area contributed by atoms with Gasteiger partial charge in [0.2, 0.25) is 5.91 Å². The Labute approximate surface area is 111 Å². The van der Waals surface area contributed by atoms with Crippen molar-refractivity contribution in [2.45, 2.75) is 32.9 Å². The van der Waals surface area contributed by atoms with E-state index in [9.17, 15) is 4.79 Å². The maximum Gasteiger partial charge on any atom is 0.230 e. The molecule has 5 nitrogen and oxygen atoms in total. The van der Waals surface area contributed by atoms with E-state index in [0.717, 1.165) is 9.88 Å². The standard InChI is InChI=1S/C12H19N3O2S/c1-7-4-14-10(18-7)8(2)15-11(16)12(3)6-17-5-9(12)13/h4,8-9H,5-6,13H2,1-3H3,(H,15,16). The van der Waals surface area contributed by atoms with Crippen LogP contribution in [0.4, 0.5) is 0 Å². The van der Waals surface area contributed by atoms with E-state index in [0.29, 0.717) is 13.2 Å². The van der Waals surface area contributed by atoms with Crippen molar-refractivity contribution in [3.63, 3.8) is 0 Å². The molecule has 0 aliphatic carbocycles. The first kappa shape index (κ1) is 13.5. The van der Waals surface area contributed by atoms with Crippen LogP contribution in [0.5, 0.6) is 0 Å². The topological polar surface area (TPSA) is 77.2 Å². The number of carbonyl (C=O) groups is 1. The fraction of sp³-hybridized carbons (Fsp3) is 0.667. The number of carbonyl (C=O) groups excluding carboxylic acids is 1. The molecule has 0 radical (unpaired) electrons. The van der Waals surface area contributed by atoms with Gasteiger partial charge in [0.05, 0.1) is 24.7 Å². The molecular formula is C12H19N3O2S. The highest BCUT2D eigenvalue weighted by atomic mass is 32.1. The second-order valence-corrected chi connectivity index (χ2v) is 6.31. The lowest BCUT2D eigenvalue weighted by Gasteiger charge is -2.27. The summed E-state index contributed by atoms with van der Waals surface area (Å²) in [6.07, 6.45) is 1.81. The lowest BCUT2D eigenvalue weighted by atomic mass is 9.84. The van der Waals surface area contributed by atoms with Gasteiger partial charge in [0.25, 0.3) is 0 Å². The van der Waals surface area contributed by atoms with Crippen LogP contribution in [0, 0.1) is 12.3 Å². The molecule has 0 bridgehead atoms. The molecule has 0 spiro atoms. The van der Waals surface area contributed by atoms with Crippen LogP contribution < -0.4 is 11.1 Å². The molecule has 3 unspecified atom stereocenters. The Kier molecular flexibility index (Phi) is 3.70. The summed E-state index contributed by atoms with van der Waals surface area (Å²) in [6, 6.07) is -0.344. The van der Waals surface area contributed by atoms with Crippen LogP contribution in [-0.2, 0) is 9.53 Å². The fourth-order valence-corrected chi connectivity index (χ4v) is 2.69. The lowest BCUT2D eigenvalue weighted by molar-refractivity contribution is -0.131. The Bertz CT molecular complexity index is 448. The summed E-state index contributed by atoms with van der Waals surface area (Å²) in [5.74, 6) is -0.0622. The van der Waals surface area contributed by atoms with Crippen LogP contribution in [0.1, 0.15) is 29.8 Å². The van der Waals surface area contributed by atoms with E-state index in [1.807, 2.05) is 27.0 Å². The predicted octanol–water partition coefficient (Wildman–Crippen LogP) is 0.993. The van der Waals surface area contributed by atoms with E-state index >= 15 is 0 Å². The van der Waals surface area contributed by atoms with Crippen molar-refractivity contribution < 1.29 is 9.53 Å². The number of hydrogen-bond acceptors (Lipinski definition) is 5. The minimum atomic E-state index is -0.638. The van der Waals surface area contributed by atoms with E-state index in [2.05, 4.69) is 10.3 Å². The molecule has 1 aliphatic rings. The third-order valence-electron chi connectivity index (χ3n) is 3.39. The van der Waals surface area contributed by atoms with E-state index in [4.69, 9.17) is 10.5 Å². The number of thiazole rings is 1. The molecule has 2 rings (SSSR count). The predicted molar refractivity (Wildman–Crippen MR) is 70.3 cm³/mol. The van der Waals surface area contributed by atoms with E-state index in [-0.39, 0.29) is 18.0 Å². The van der Waals surface area contributed by atoms with E-state index in [1.54, 1.807) is 11.3 Å². The van der Waals surface area contributed by atoms with Crippen LogP contribution in [-0.4, -0.2) is 30.1 Å². The number of hydrogen-bond donors (Lipinski definition) is 2. The summed E-state index contributed by atoms with van der Waals surface area (Å²) in [5, 5.41) is 3.89. The van der Waals surface area contributed by atoms with Crippen molar-refractivity contribution in [1.29, 1.82) is 0 Å². The molecule has 18 heavy (non-hydrogen) atoms. The van der Waals surface area contributed by atoms with Crippen molar-refractivity contribution in [3.8, 4) is 0 Å². The first-order chi connectivity index (χ1) is 8.43. The molecule has 6 heteroatoms. The minimum Gasteiger partial charge on any atom is -0.379 e. The first-order valence-electron chi connectivity index (χ1n) is 6.00. The molecule has 100 valence electrons. The summed E-state index contributed by atoms with van der Waals surface area (Å²) in [6.45, 7) is 6.59. The number of nitrogens with one attached hydrogen (secondary N) is 1. The maximum atomic E-state index is 12.3. The van der Waals surface area contributed by atoms with Crippen LogP contribution in [0.25, 0.3) is 0 Å². The molecule has 1 aromatic rings. The summed E-state index contributed by atoms with van der Waals surface area (Å²) in [5.41, 5.74) is 5.30. The monoisotopic (exact) mass is 269 g/mol. The number of ether oxygens (including phenoxy) is 1. The summed E-state index contributed by atoms with van der Waals surface area (Å²) in [7, 11) is 0. The van der Waals surface area contributed by atoms with Gasteiger partial charge in [-0.2, -0.15) is 0 Å². The number of nitrogens with two attached hydrogens (primary N) is 1. The number of aromatic nitrogens is 1. The third-order valence-corrected chi connectivity index (χ3v) is 4.49. The van der Waals surface area contributed by atoms with Crippen LogP contribution in [0.2, 0.25) is 0 Å². The zero-order valence-electron chi connectivity index (χ0n) is 10.9. The third kappa shape index (κ3) is 2.41. The lowest BCUT2D eigenvalue weighted by Crippen LogP contribution is -2.50. The average Bonchev–Trinajstić information content (AvgIpc) is 2.87. The van der Waals surface area contributed by atoms with Crippen LogP contribution in [0.3, 0.4) is 0 Å². The second kappa shape index (κ2) is 4.95. The van der Waals surface area contributed by atoms with Crippen LogP contribution in [0.15, 0.2) is 6.20 Å². The molecule has 1 aliphatic heterocycles. The quantitative estimate of drug-likeness (QED) is 0.858. The van der Waals surface area contributed by atoms with E-state index < -0.39 is 5.41 Å². The molecule has 2 heterocycles. The smallest absolute Gasteiger partial charge is 0.230 e. The van der Waals surface area contributed by atoms with Crippen molar-refractivity contribution in [1.82, 2.24) is 10.3 Å². The summed E-state index contributed by atoms with van der Waals surface area (Å²) in [4.78, 5) is 17.7. The molecule has 1 saturated heterocycles. The number of rotatable bonds is 3. The Balaban J connectivity index is 2.03. The summed E-state index contributed by atoms with van der Waals surface area (Å²) < 4.78 is 5.29. The van der Waals surface area contributed by atoms with Gasteiger partial charge in [0, 0.05) is 17.1 Å². The van der Waals surface area contributed by atoms with Gasteiger partial charge in [0.1, 0.15) is 5.01 Å². The van der Waals surface area contributed by atoms with Gasteiger partial charge < -0.3 is 15.8 Å². The second-order valence-electron chi connectivity index (χ2n) is 5.04. The van der Waals surface area contributed by atoms with Crippen molar-refractivity contribution in [2.24, 2.45) is 11.1 Å². The number of aryl methyl sites for hydroxylation is 1. The minimum absolute atomic E-state index is 0.0622. The molecule has 0 saturated carbocycles. The van der Waals surface area contributed by atoms with Gasteiger partial charge in [0.15, 0.2) is 0 Å². The van der Waals surface area contributed by atoms with Gasteiger partial charge in [-0.1, -0.05) is 0 Å². The normalized spacial score (nSPS) is 29.2. The zero-order valence-corrected chi connectivity index (χ0v) is 11.7. The maximum absolute atomic E-state index is 12.3. The van der Waals surface area contributed by atoms with Crippen molar-refractivity contribution >= 4 is 17.2 Å². The molecule has 3 N–H and O–H groups in total. The molecular weight excluding hydrogens is 250 g/mol. The first-order valence-corrected chi connectivity index (χ1v) is 6.82. The Morgan fingerprint density at radius 2 is 2.50 bits per heavy atom. The van der Waals surface area contributed by atoms with Gasteiger partial charge in [-0.25, -0.2) is 4.98 Å². The molecule has 1 amide bonds. The molecule has 0 aromatic carbocycles.